The molecule has 0 aromatic carbocycles. The molecule has 4 fully saturated rings. The molecule has 0 saturated heterocycles. The predicted molar refractivity (Wildman–Crippen MR) is 94.9 cm³/mol. The lowest BCUT2D eigenvalue weighted by Gasteiger charge is -2.61. The molecule has 0 aromatic heterocycles. The second-order valence-electron chi connectivity index (χ2n) is 9.78. The molecule has 4 rings (SSSR count). The van der Waals surface area contributed by atoms with Crippen LogP contribution in [0.3, 0.4) is 0 Å². The second-order valence-corrected chi connectivity index (χ2v) is 10.3. The van der Waals surface area contributed by atoms with Crippen molar-refractivity contribution in [3.8, 4) is 0 Å². The van der Waals surface area contributed by atoms with Crippen LogP contribution in [-0.2, 0) is 0 Å². The van der Waals surface area contributed by atoms with Crippen molar-refractivity contribution in [1.82, 2.24) is 0 Å². The summed E-state index contributed by atoms with van der Waals surface area (Å²) in [7, 11) is 0. The average molecular weight is 321 g/mol. The lowest BCUT2D eigenvalue weighted by Crippen LogP contribution is -2.55. The van der Waals surface area contributed by atoms with E-state index in [-0.39, 0.29) is 0 Å². The minimum absolute atomic E-state index is 0.375. The number of thiocarbonyl (C=S) groups is 1. The highest BCUT2D eigenvalue weighted by Gasteiger charge is 2.59. The Hall–Kier alpha value is 0.0500. The van der Waals surface area contributed by atoms with E-state index >= 15 is 0 Å². The second kappa shape index (κ2) is 4.79. The summed E-state index contributed by atoms with van der Waals surface area (Å²) >= 11 is 5.76. The molecular formula is C20H32OS. The van der Waals surface area contributed by atoms with Gasteiger partial charge in [-0.15, -0.1) is 0 Å². The Morgan fingerprint density at radius 3 is 2.50 bits per heavy atom. The molecule has 4 aliphatic rings. The van der Waals surface area contributed by atoms with Gasteiger partial charge in [-0.3, -0.25) is 0 Å². The Kier molecular flexibility index (Phi) is 3.39. The quantitative estimate of drug-likeness (QED) is 0.623. The fourth-order valence-corrected chi connectivity index (χ4v) is 7.57. The van der Waals surface area contributed by atoms with Gasteiger partial charge in [0.1, 0.15) is 0 Å². The molecule has 0 spiro atoms. The minimum Gasteiger partial charge on any atom is -0.390 e. The topological polar surface area (TPSA) is 20.2 Å². The van der Waals surface area contributed by atoms with Crippen LogP contribution < -0.4 is 0 Å². The van der Waals surface area contributed by atoms with Gasteiger partial charge in [0.15, 0.2) is 0 Å². The molecule has 4 saturated carbocycles. The molecule has 22 heavy (non-hydrogen) atoms. The first-order valence-electron chi connectivity index (χ1n) is 9.52. The summed E-state index contributed by atoms with van der Waals surface area (Å²) in [5, 5.41) is 10.5. The SMILES string of the molecule is C[C@@]1(O)CC[C@@]2(C)C(CCC3C2CC[C@]2(C)C(=S)CCC32)C1. The predicted octanol–water partition coefficient (Wildman–Crippen LogP) is 5.15. The van der Waals surface area contributed by atoms with E-state index in [9.17, 15) is 5.11 Å². The molecule has 1 N–H and O–H groups in total. The summed E-state index contributed by atoms with van der Waals surface area (Å²) in [6.07, 6.45) is 11.3. The summed E-state index contributed by atoms with van der Waals surface area (Å²) in [5.74, 6) is 3.40. The van der Waals surface area contributed by atoms with E-state index < -0.39 is 5.60 Å². The average Bonchev–Trinajstić information content (AvgIpc) is 2.76. The van der Waals surface area contributed by atoms with Gasteiger partial charge in [0.05, 0.1) is 5.60 Å². The van der Waals surface area contributed by atoms with Gasteiger partial charge in [-0.1, -0.05) is 26.1 Å². The molecule has 0 radical (unpaired) electrons. The van der Waals surface area contributed by atoms with Crippen molar-refractivity contribution in [2.24, 2.45) is 34.5 Å². The molecule has 7 atom stereocenters. The molecule has 2 heteroatoms. The maximum atomic E-state index is 10.5. The third-order valence-corrected chi connectivity index (χ3v) is 9.33. The Balaban J connectivity index is 1.63. The van der Waals surface area contributed by atoms with Gasteiger partial charge in [0.2, 0.25) is 0 Å². The van der Waals surface area contributed by atoms with E-state index in [1.165, 1.54) is 49.8 Å². The molecule has 124 valence electrons. The fourth-order valence-electron chi connectivity index (χ4n) is 7.20. The zero-order valence-electron chi connectivity index (χ0n) is 14.5. The van der Waals surface area contributed by atoms with Crippen LogP contribution in [-0.4, -0.2) is 15.6 Å². The summed E-state index contributed by atoms with van der Waals surface area (Å²) < 4.78 is 0. The number of hydrogen-bond acceptors (Lipinski definition) is 2. The van der Waals surface area contributed by atoms with E-state index in [1.54, 1.807) is 0 Å². The van der Waals surface area contributed by atoms with Crippen molar-refractivity contribution in [2.75, 3.05) is 0 Å². The Labute approximate surface area is 141 Å². The summed E-state index contributed by atoms with van der Waals surface area (Å²) in [6, 6.07) is 0. The van der Waals surface area contributed by atoms with Gasteiger partial charge < -0.3 is 5.11 Å². The van der Waals surface area contributed by atoms with Crippen molar-refractivity contribution in [3.63, 3.8) is 0 Å². The van der Waals surface area contributed by atoms with E-state index in [2.05, 4.69) is 20.8 Å². The van der Waals surface area contributed by atoms with Gasteiger partial charge in [0, 0.05) is 5.41 Å². The highest BCUT2D eigenvalue weighted by molar-refractivity contribution is 7.80. The van der Waals surface area contributed by atoms with Crippen molar-refractivity contribution < 1.29 is 5.11 Å². The van der Waals surface area contributed by atoms with Gasteiger partial charge in [-0.25, -0.2) is 0 Å². The molecule has 4 aliphatic carbocycles. The van der Waals surface area contributed by atoms with E-state index in [0.29, 0.717) is 10.8 Å². The monoisotopic (exact) mass is 320 g/mol. The van der Waals surface area contributed by atoms with Crippen LogP contribution >= 0.6 is 12.2 Å². The van der Waals surface area contributed by atoms with Crippen molar-refractivity contribution >= 4 is 17.1 Å². The third-order valence-electron chi connectivity index (χ3n) is 8.66. The van der Waals surface area contributed by atoms with E-state index in [1.807, 2.05) is 0 Å². The summed E-state index contributed by atoms with van der Waals surface area (Å²) in [6.45, 7) is 7.11. The van der Waals surface area contributed by atoms with Crippen LogP contribution in [0, 0.1) is 34.5 Å². The normalized spacial score (nSPS) is 57.9. The molecule has 0 amide bonds. The van der Waals surface area contributed by atoms with Gasteiger partial charge in [0.25, 0.3) is 0 Å². The fraction of sp³-hybridized carbons (Fsp3) is 0.950. The maximum Gasteiger partial charge on any atom is 0.0622 e. The smallest absolute Gasteiger partial charge is 0.0622 e. The first-order valence-corrected chi connectivity index (χ1v) is 9.93. The molecule has 0 aliphatic heterocycles. The highest BCUT2D eigenvalue weighted by atomic mass is 32.1. The van der Waals surface area contributed by atoms with Crippen molar-refractivity contribution in [1.29, 1.82) is 0 Å². The summed E-state index contributed by atoms with van der Waals surface area (Å²) in [5.41, 5.74) is 0.450. The van der Waals surface area contributed by atoms with Gasteiger partial charge in [-0.05, 0) is 98.7 Å². The lowest BCUT2D eigenvalue weighted by atomic mass is 9.44. The largest absolute Gasteiger partial charge is 0.390 e. The van der Waals surface area contributed by atoms with Crippen LogP contribution in [0.1, 0.15) is 78.6 Å². The van der Waals surface area contributed by atoms with Crippen LogP contribution in [0.15, 0.2) is 0 Å². The maximum absolute atomic E-state index is 10.5. The van der Waals surface area contributed by atoms with Crippen molar-refractivity contribution in [3.05, 3.63) is 0 Å². The van der Waals surface area contributed by atoms with Crippen LogP contribution in [0.2, 0.25) is 0 Å². The number of aliphatic hydroxyl groups is 1. The summed E-state index contributed by atoms with van der Waals surface area (Å²) in [4.78, 5) is 1.38. The minimum atomic E-state index is -0.408. The van der Waals surface area contributed by atoms with Gasteiger partial charge in [-0.2, -0.15) is 0 Å². The zero-order valence-corrected chi connectivity index (χ0v) is 15.3. The highest BCUT2D eigenvalue weighted by Crippen LogP contribution is 2.66. The van der Waals surface area contributed by atoms with Crippen LogP contribution in [0.4, 0.5) is 0 Å². The lowest BCUT2D eigenvalue weighted by molar-refractivity contribution is -0.137. The number of rotatable bonds is 0. The number of hydrogen-bond donors (Lipinski definition) is 1. The van der Waals surface area contributed by atoms with E-state index in [0.717, 1.165) is 36.5 Å². The van der Waals surface area contributed by atoms with Gasteiger partial charge >= 0.3 is 0 Å². The molecule has 4 unspecified atom stereocenters. The number of fused-ring (bicyclic) bond motifs is 5. The third kappa shape index (κ3) is 2.02. The molecule has 0 heterocycles. The molecule has 0 aromatic rings. The molecular weight excluding hydrogens is 288 g/mol. The Morgan fingerprint density at radius 1 is 0.955 bits per heavy atom. The Morgan fingerprint density at radius 2 is 1.73 bits per heavy atom. The first kappa shape index (κ1) is 15.6. The molecule has 0 bridgehead atoms. The zero-order chi connectivity index (χ0) is 15.8. The standard InChI is InChI=1S/C20H32OS/c1-18(21)10-11-19(2)13(12-18)4-5-14-15-6-7-17(22)20(15,3)9-8-16(14)19/h13-16,21H,4-12H2,1-3H3/t13?,14?,15?,16?,18-,19+,20+/m1/s1. The Bertz CT molecular complexity index is 498. The van der Waals surface area contributed by atoms with E-state index in [4.69, 9.17) is 12.2 Å². The van der Waals surface area contributed by atoms with Crippen LogP contribution in [0.5, 0.6) is 0 Å². The van der Waals surface area contributed by atoms with Crippen LogP contribution in [0.25, 0.3) is 0 Å². The molecule has 1 nitrogen and oxygen atoms in total. The van der Waals surface area contributed by atoms with Crippen molar-refractivity contribution in [2.45, 2.75) is 84.2 Å². The first-order chi connectivity index (χ1) is 10.3.